The van der Waals surface area contributed by atoms with Crippen molar-refractivity contribution in [1.82, 2.24) is 9.88 Å². The third kappa shape index (κ3) is 4.19. The lowest BCUT2D eigenvalue weighted by Crippen LogP contribution is -2.43. The quantitative estimate of drug-likeness (QED) is 0.830. The second-order valence-electron chi connectivity index (χ2n) is 5.89. The van der Waals surface area contributed by atoms with Gasteiger partial charge in [0.1, 0.15) is 10.7 Å². The van der Waals surface area contributed by atoms with Crippen LogP contribution in [0, 0.1) is 5.82 Å². The van der Waals surface area contributed by atoms with Crippen molar-refractivity contribution in [2.45, 2.75) is 32.3 Å². The van der Waals surface area contributed by atoms with Crippen molar-refractivity contribution in [3.8, 4) is 0 Å². The molecule has 1 aliphatic rings. The molecular weight excluding hydrogens is 327 g/mol. The number of ether oxygens (including phenoxy) is 1. The Morgan fingerprint density at radius 1 is 1.42 bits per heavy atom. The van der Waals surface area contributed by atoms with Crippen LogP contribution in [0.15, 0.2) is 30.5 Å². The van der Waals surface area contributed by atoms with Gasteiger partial charge in [0.2, 0.25) is 0 Å². The van der Waals surface area contributed by atoms with Gasteiger partial charge in [0.05, 0.1) is 17.3 Å². The first-order valence-electron chi connectivity index (χ1n) is 8.25. The summed E-state index contributed by atoms with van der Waals surface area (Å²) >= 11 is 1.41. The fourth-order valence-electron chi connectivity index (χ4n) is 2.92. The summed E-state index contributed by atoms with van der Waals surface area (Å²) in [7, 11) is 0. The van der Waals surface area contributed by atoms with E-state index in [1.165, 1.54) is 23.5 Å². The summed E-state index contributed by atoms with van der Waals surface area (Å²) in [6, 6.07) is 6.37. The number of nitrogens with zero attached hydrogens (tertiary/aromatic N) is 2. The molecule has 1 aromatic carbocycles. The SMILES string of the molecule is CCOC1CCCN(C(=O)c2cnc(Cc3ccc(F)cc3)s2)C1. The van der Waals surface area contributed by atoms with E-state index in [-0.39, 0.29) is 17.8 Å². The van der Waals surface area contributed by atoms with Gasteiger partial charge in [0.25, 0.3) is 5.91 Å². The second kappa shape index (κ2) is 7.85. The van der Waals surface area contributed by atoms with E-state index in [0.717, 1.165) is 30.0 Å². The number of amides is 1. The van der Waals surface area contributed by atoms with E-state index < -0.39 is 0 Å². The molecule has 24 heavy (non-hydrogen) atoms. The highest BCUT2D eigenvalue weighted by atomic mass is 32.1. The number of hydrogen-bond acceptors (Lipinski definition) is 4. The second-order valence-corrected chi connectivity index (χ2v) is 7.01. The summed E-state index contributed by atoms with van der Waals surface area (Å²) in [5.41, 5.74) is 0.985. The fourth-order valence-corrected chi connectivity index (χ4v) is 3.84. The topological polar surface area (TPSA) is 42.4 Å². The number of aromatic nitrogens is 1. The van der Waals surface area contributed by atoms with E-state index in [0.29, 0.717) is 24.4 Å². The highest BCUT2D eigenvalue weighted by molar-refractivity contribution is 7.13. The van der Waals surface area contributed by atoms with Gasteiger partial charge in [-0.2, -0.15) is 0 Å². The van der Waals surface area contributed by atoms with E-state index in [1.807, 2.05) is 11.8 Å². The molecule has 0 N–H and O–H groups in total. The average Bonchev–Trinajstić information content (AvgIpc) is 3.05. The molecule has 1 atom stereocenters. The van der Waals surface area contributed by atoms with Crippen LogP contribution in [-0.2, 0) is 11.2 Å². The maximum absolute atomic E-state index is 13.0. The molecule has 1 saturated heterocycles. The van der Waals surface area contributed by atoms with Crippen LogP contribution in [-0.4, -0.2) is 41.6 Å². The molecule has 1 aromatic heterocycles. The standard InChI is InChI=1S/C18H21FN2O2S/c1-2-23-15-4-3-9-21(12-15)18(22)16-11-20-17(24-16)10-13-5-7-14(19)8-6-13/h5-8,11,15H,2-4,9-10,12H2,1H3. The van der Waals surface area contributed by atoms with Crippen molar-refractivity contribution >= 4 is 17.2 Å². The maximum atomic E-state index is 13.0. The lowest BCUT2D eigenvalue weighted by atomic mass is 10.1. The van der Waals surface area contributed by atoms with Crippen LogP contribution in [0.3, 0.4) is 0 Å². The van der Waals surface area contributed by atoms with Crippen LogP contribution in [0.4, 0.5) is 4.39 Å². The van der Waals surface area contributed by atoms with Crippen molar-refractivity contribution in [2.75, 3.05) is 19.7 Å². The molecule has 0 bridgehead atoms. The minimum absolute atomic E-state index is 0.0299. The lowest BCUT2D eigenvalue weighted by molar-refractivity contribution is 0.00741. The minimum atomic E-state index is -0.247. The van der Waals surface area contributed by atoms with Crippen LogP contribution in [0.5, 0.6) is 0 Å². The van der Waals surface area contributed by atoms with Crippen molar-refractivity contribution in [1.29, 1.82) is 0 Å². The van der Waals surface area contributed by atoms with Crippen molar-refractivity contribution in [3.05, 3.63) is 51.7 Å². The molecule has 0 radical (unpaired) electrons. The van der Waals surface area contributed by atoms with Gasteiger partial charge < -0.3 is 9.64 Å². The van der Waals surface area contributed by atoms with Gasteiger partial charge in [0, 0.05) is 26.1 Å². The predicted molar refractivity (Wildman–Crippen MR) is 91.9 cm³/mol. The Hall–Kier alpha value is -1.79. The summed E-state index contributed by atoms with van der Waals surface area (Å²) in [6.07, 6.45) is 4.38. The first-order valence-corrected chi connectivity index (χ1v) is 9.07. The molecule has 2 aromatic rings. The first-order chi connectivity index (χ1) is 11.7. The number of thiazole rings is 1. The molecule has 0 aliphatic carbocycles. The largest absolute Gasteiger partial charge is 0.377 e. The van der Waals surface area contributed by atoms with Crippen LogP contribution in [0.25, 0.3) is 0 Å². The molecule has 3 rings (SSSR count). The monoisotopic (exact) mass is 348 g/mol. The molecular formula is C18H21FN2O2S. The Bertz CT molecular complexity index is 685. The van der Waals surface area contributed by atoms with Crippen molar-refractivity contribution < 1.29 is 13.9 Å². The van der Waals surface area contributed by atoms with Gasteiger partial charge in [-0.05, 0) is 37.5 Å². The third-order valence-corrected chi connectivity index (χ3v) is 5.09. The number of benzene rings is 1. The van der Waals surface area contributed by atoms with E-state index >= 15 is 0 Å². The Morgan fingerprint density at radius 3 is 2.96 bits per heavy atom. The summed E-state index contributed by atoms with van der Waals surface area (Å²) in [4.78, 5) is 19.5. The zero-order valence-corrected chi connectivity index (χ0v) is 14.5. The third-order valence-electron chi connectivity index (χ3n) is 4.10. The first kappa shape index (κ1) is 17.0. The number of likely N-dealkylation sites (tertiary alicyclic amines) is 1. The number of halogens is 1. The van der Waals surface area contributed by atoms with Crippen LogP contribution in [0.2, 0.25) is 0 Å². The zero-order chi connectivity index (χ0) is 16.9. The Labute approximate surface area is 145 Å². The molecule has 1 fully saturated rings. The summed E-state index contributed by atoms with van der Waals surface area (Å²) in [6.45, 7) is 4.08. The van der Waals surface area contributed by atoms with E-state index in [4.69, 9.17) is 4.74 Å². The fraction of sp³-hybridized carbons (Fsp3) is 0.444. The Morgan fingerprint density at radius 2 is 2.21 bits per heavy atom. The number of hydrogen-bond donors (Lipinski definition) is 0. The van der Waals surface area contributed by atoms with Gasteiger partial charge in [-0.15, -0.1) is 11.3 Å². The highest BCUT2D eigenvalue weighted by Gasteiger charge is 2.25. The van der Waals surface area contributed by atoms with Crippen LogP contribution >= 0.6 is 11.3 Å². The predicted octanol–water partition coefficient (Wildman–Crippen LogP) is 3.51. The van der Waals surface area contributed by atoms with Crippen LogP contribution in [0.1, 0.15) is 40.0 Å². The zero-order valence-electron chi connectivity index (χ0n) is 13.7. The molecule has 1 unspecified atom stereocenters. The summed E-state index contributed by atoms with van der Waals surface area (Å²) < 4.78 is 18.6. The van der Waals surface area contributed by atoms with E-state index in [9.17, 15) is 9.18 Å². The number of rotatable bonds is 5. The van der Waals surface area contributed by atoms with Gasteiger partial charge in [-0.1, -0.05) is 12.1 Å². The molecule has 0 spiro atoms. The molecule has 128 valence electrons. The normalized spacial score (nSPS) is 17.9. The number of carbonyl (C=O) groups is 1. The molecule has 2 heterocycles. The molecule has 1 amide bonds. The maximum Gasteiger partial charge on any atom is 0.265 e. The molecule has 4 nitrogen and oxygen atoms in total. The Balaban J connectivity index is 1.64. The van der Waals surface area contributed by atoms with Crippen molar-refractivity contribution in [2.24, 2.45) is 0 Å². The number of piperidine rings is 1. The smallest absolute Gasteiger partial charge is 0.265 e. The van der Waals surface area contributed by atoms with Crippen molar-refractivity contribution in [3.63, 3.8) is 0 Å². The van der Waals surface area contributed by atoms with Gasteiger partial charge in [0.15, 0.2) is 0 Å². The van der Waals surface area contributed by atoms with Gasteiger partial charge in [-0.3, -0.25) is 4.79 Å². The highest BCUT2D eigenvalue weighted by Crippen LogP contribution is 2.21. The molecule has 0 saturated carbocycles. The van der Waals surface area contributed by atoms with Gasteiger partial charge in [-0.25, -0.2) is 9.37 Å². The van der Waals surface area contributed by atoms with Crippen LogP contribution < -0.4 is 0 Å². The molecule has 1 aliphatic heterocycles. The lowest BCUT2D eigenvalue weighted by Gasteiger charge is -2.32. The van der Waals surface area contributed by atoms with E-state index in [2.05, 4.69) is 4.98 Å². The minimum Gasteiger partial charge on any atom is -0.377 e. The van der Waals surface area contributed by atoms with E-state index in [1.54, 1.807) is 18.3 Å². The molecule has 6 heteroatoms. The van der Waals surface area contributed by atoms with Gasteiger partial charge >= 0.3 is 0 Å². The summed E-state index contributed by atoms with van der Waals surface area (Å²) in [5, 5.41) is 0.864. The summed E-state index contributed by atoms with van der Waals surface area (Å²) in [5.74, 6) is -0.218. The number of carbonyl (C=O) groups excluding carboxylic acids is 1. The average molecular weight is 348 g/mol. The Kier molecular flexibility index (Phi) is 5.58.